The van der Waals surface area contributed by atoms with Gasteiger partial charge in [0.2, 0.25) is 0 Å². The first-order valence-corrected chi connectivity index (χ1v) is 4.89. The molecule has 0 aliphatic rings. The van der Waals surface area contributed by atoms with E-state index in [0.29, 0.717) is 0 Å². The van der Waals surface area contributed by atoms with Crippen molar-refractivity contribution in [1.82, 2.24) is 10.2 Å². The van der Waals surface area contributed by atoms with Crippen LogP contribution < -0.4 is 4.74 Å². The van der Waals surface area contributed by atoms with Crippen molar-refractivity contribution in [2.45, 2.75) is 0 Å². The molecule has 0 spiro atoms. The van der Waals surface area contributed by atoms with Gasteiger partial charge in [0.15, 0.2) is 17.3 Å². The van der Waals surface area contributed by atoms with Crippen LogP contribution in [0.25, 0.3) is 11.3 Å². The van der Waals surface area contributed by atoms with Crippen molar-refractivity contribution in [3.05, 3.63) is 29.7 Å². The lowest BCUT2D eigenvalue weighted by Gasteiger charge is -2.07. The number of benzene rings is 1. The van der Waals surface area contributed by atoms with Crippen LogP contribution in [0.1, 0.15) is 10.5 Å². The van der Waals surface area contributed by atoms with Gasteiger partial charge in [-0.1, -0.05) is 0 Å². The minimum Gasteiger partial charge on any atom is -0.504 e. The molecule has 0 atom stereocenters. The Bertz CT molecular complexity index is 609. The fraction of sp³-hybridized carbons (Fsp3) is 0.0909. The molecule has 6 nitrogen and oxygen atoms in total. The second-order valence-corrected chi connectivity index (χ2v) is 3.45. The number of phenols is 1. The first-order valence-electron chi connectivity index (χ1n) is 4.89. The van der Waals surface area contributed by atoms with Crippen LogP contribution in [-0.4, -0.2) is 33.5 Å². The van der Waals surface area contributed by atoms with Gasteiger partial charge in [-0.3, -0.25) is 5.10 Å². The normalized spacial score (nSPS) is 10.3. The van der Waals surface area contributed by atoms with Crippen LogP contribution in [0.5, 0.6) is 11.5 Å². The lowest BCUT2D eigenvalue weighted by Crippen LogP contribution is -1.95. The van der Waals surface area contributed by atoms with Crippen molar-refractivity contribution in [1.29, 1.82) is 0 Å². The van der Waals surface area contributed by atoms with Crippen molar-refractivity contribution in [3.63, 3.8) is 0 Å². The van der Waals surface area contributed by atoms with E-state index in [1.54, 1.807) is 0 Å². The number of carboxylic acids is 1. The minimum absolute atomic E-state index is 0.0356. The third-order valence-corrected chi connectivity index (χ3v) is 2.36. The van der Waals surface area contributed by atoms with Crippen molar-refractivity contribution >= 4 is 5.97 Å². The van der Waals surface area contributed by atoms with Gasteiger partial charge in [-0.05, 0) is 18.2 Å². The molecule has 3 N–H and O–H groups in total. The molecule has 0 saturated carbocycles. The van der Waals surface area contributed by atoms with Crippen LogP contribution in [0.3, 0.4) is 0 Å². The number of nitrogens with zero attached hydrogens (tertiary/aromatic N) is 1. The van der Waals surface area contributed by atoms with E-state index in [1.165, 1.54) is 25.3 Å². The third-order valence-electron chi connectivity index (χ3n) is 2.36. The maximum absolute atomic E-state index is 13.9. The van der Waals surface area contributed by atoms with Crippen molar-refractivity contribution in [3.8, 4) is 22.8 Å². The number of nitrogens with one attached hydrogen (secondary N) is 1. The third kappa shape index (κ3) is 1.86. The van der Waals surface area contributed by atoms with Gasteiger partial charge < -0.3 is 14.9 Å². The molecule has 0 aliphatic heterocycles. The summed E-state index contributed by atoms with van der Waals surface area (Å²) in [4.78, 5) is 10.7. The van der Waals surface area contributed by atoms with Gasteiger partial charge in [0.05, 0.1) is 12.8 Å². The highest BCUT2D eigenvalue weighted by molar-refractivity contribution is 5.87. The van der Waals surface area contributed by atoms with Crippen LogP contribution in [0.2, 0.25) is 0 Å². The van der Waals surface area contributed by atoms with Crippen LogP contribution in [-0.2, 0) is 0 Å². The van der Waals surface area contributed by atoms with Crippen molar-refractivity contribution < 1.29 is 24.1 Å². The Morgan fingerprint density at radius 2 is 2.22 bits per heavy atom. The largest absolute Gasteiger partial charge is 0.504 e. The number of aromatic carboxylic acids is 1. The molecule has 94 valence electrons. The summed E-state index contributed by atoms with van der Waals surface area (Å²) in [6.45, 7) is 0. The highest BCUT2D eigenvalue weighted by atomic mass is 19.1. The van der Waals surface area contributed by atoms with E-state index in [4.69, 9.17) is 9.84 Å². The van der Waals surface area contributed by atoms with Gasteiger partial charge in [0.25, 0.3) is 0 Å². The van der Waals surface area contributed by atoms with Crippen molar-refractivity contribution in [2.24, 2.45) is 0 Å². The van der Waals surface area contributed by atoms with Gasteiger partial charge in [0.1, 0.15) is 5.69 Å². The number of phenolic OH excluding ortho intramolecular Hbond substituents is 1. The lowest BCUT2D eigenvalue weighted by atomic mass is 10.1. The summed E-state index contributed by atoms with van der Waals surface area (Å²) < 4.78 is 18.7. The summed E-state index contributed by atoms with van der Waals surface area (Å²) in [5, 5.41) is 24.1. The summed E-state index contributed by atoms with van der Waals surface area (Å²) in [7, 11) is 1.22. The van der Waals surface area contributed by atoms with Crippen LogP contribution in [0.4, 0.5) is 4.39 Å². The molecule has 0 fully saturated rings. The number of H-pyrrole nitrogens is 1. The van der Waals surface area contributed by atoms with Gasteiger partial charge in [-0.15, -0.1) is 0 Å². The second-order valence-electron chi connectivity index (χ2n) is 3.45. The van der Waals surface area contributed by atoms with Crippen LogP contribution in [0.15, 0.2) is 18.2 Å². The molecule has 1 aromatic carbocycles. The minimum atomic E-state index is -1.19. The highest BCUT2D eigenvalue weighted by Crippen LogP contribution is 2.35. The van der Waals surface area contributed by atoms with E-state index < -0.39 is 11.8 Å². The molecule has 2 rings (SSSR count). The molecule has 18 heavy (non-hydrogen) atoms. The van der Waals surface area contributed by atoms with Crippen LogP contribution in [0, 0.1) is 5.82 Å². The Morgan fingerprint density at radius 3 is 2.78 bits per heavy atom. The zero-order valence-corrected chi connectivity index (χ0v) is 9.27. The fourth-order valence-corrected chi connectivity index (χ4v) is 1.51. The Balaban J connectivity index is 2.53. The van der Waals surface area contributed by atoms with E-state index in [0.717, 1.165) is 0 Å². The molecule has 0 radical (unpaired) electrons. The maximum Gasteiger partial charge on any atom is 0.353 e. The first-order chi connectivity index (χ1) is 8.54. The summed E-state index contributed by atoms with van der Waals surface area (Å²) >= 11 is 0. The van der Waals surface area contributed by atoms with Gasteiger partial charge in [-0.25, -0.2) is 9.18 Å². The predicted molar refractivity (Wildman–Crippen MR) is 59.2 cm³/mol. The standard InChI is InChI=1S/C11H9FN2O4/c1-18-10-8(15)3-2-5(9(10)12)6-4-7(11(16)17)14-13-6/h2-4,15H,1H3,(H,13,14)(H,16,17). The highest BCUT2D eigenvalue weighted by Gasteiger charge is 2.18. The van der Waals surface area contributed by atoms with E-state index >= 15 is 0 Å². The zero-order chi connectivity index (χ0) is 13.3. The average molecular weight is 252 g/mol. The van der Waals surface area contributed by atoms with Gasteiger partial charge in [0, 0.05) is 5.56 Å². The number of aromatic hydroxyl groups is 1. The number of carbonyl (C=O) groups is 1. The summed E-state index contributed by atoms with van der Waals surface area (Å²) in [5.74, 6) is -2.65. The van der Waals surface area contributed by atoms with E-state index in [9.17, 15) is 14.3 Å². The van der Waals surface area contributed by atoms with Crippen molar-refractivity contribution in [2.75, 3.05) is 7.11 Å². The molecule has 7 heteroatoms. The molecule has 0 bridgehead atoms. The predicted octanol–water partition coefficient (Wildman–Crippen LogP) is 1.63. The molecule has 2 aromatic rings. The number of aromatic nitrogens is 2. The SMILES string of the molecule is COc1c(O)ccc(-c2cc(C(=O)O)[nH]n2)c1F. The van der Waals surface area contributed by atoms with E-state index in [1.807, 2.05) is 0 Å². The zero-order valence-electron chi connectivity index (χ0n) is 9.27. The molecule has 0 aliphatic carbocycles. The van der Waals surface area contributed by atoms with E-state index in [2.05, 4.69) is 10.2 Å². The number of rotatable bonds is 3. The lowest BCUT2D eigenvalue weighted by molar-refractivity contribution is 0.0690. The molecule has 0 saturated heterocycles. The first kappa shape index (κ1) is 11.9. The molecule has 0 amide bonds. The number of carboxylic acid groups (broad SMARTS) is 1. The van der Waals surface area contributed by atoms with E-state index in [-0.39, 0.29) is 28.5 Å². The molecular weight excluding hydrogens is 243 g/mol. The monoisotopic (exact) mass is 252 g/mol. The van der Waals surface area contributed by atoms with Gasteiger partial charge >= 0.3 is 5.97 Å². The van der Waals surface area contributed by atoms with Gasteiger partial charge in [-0.2, -0.15) is 5.10 Å². The Kier molecular flexibility index (Phi) is 2.88. The second kappa shape index (κ2) is 4.36. The average Bonchev–Trinajstić information content (AvgIpc) is 2.79. The molecular formula is C11H9FN2O4. The maximum atomic E-state index is 13.9. The quantitative estimate of drug-likeness (QED) is 0.771. The fourth-order valence-electron chi connectivity index (χ4n) is 1.51. The molecule has 0 unspecified atom stereocenters. The van der Waals surface area contributed by atoms with Crippen LogP contribution >= 0.6 is 0 Å². The number of halogens is 1. The molecule has 1 aromatic heterocycles. The smallest absolute Gasteiger partial charge is 0.353 e. The molecule has 1 heterocycles. The number of methoxy groups -OCH3 is 1. The Morgan fingerprint density at radius 1 is 1.50 bits per heavy atom. The summed E-state index contributed by atoms with van der Waals surface area (Å²) in [6, 6.07) is 3.72. The Hall–Kier alpha value is -2.57. The summed E-state index contributed by atoms with van der Waals surface area (Å²) in [6.07, 6.45) is 0. The summed E-state index contributed by atoms with van der Waals surface area (Å²) in [5.41, 5.74) is -0.00644. The topological polar surface area (TPSA) is 95.4 Å². The number of hydrogen-bond donors (Lipinski definition) is 3. The number of aromatic amines is 1. The Labute approximate surface area is 101 Å². The number of hydrogen-bond acceptors (Lipinski definition) is 4. The number of ether oxygens (including phenoxy) is 1.